The number of likely N-dealkylation sites (tertiary alicyclic amines) is 1. The van der Waals surface area contributed by atoms with Crippen molar-refractivity contribution in [2.24, 2.45) is 0 Å². The topological polar surface area (TPSA) is 78.1 Å². The summed E-state index contributed by atoms with van der Waals surface area (Å²) < 4.78 is 14.4. The van der Waals surface area contributed by atoms with E-state index in [1.165, 1.54) is 4.68 Å². The molecule has 0 aliphatic carbocycles. The first kappa shape index (κ1) is 16.5. The molecule has 0 bridgehead atoms. The van der Waals surface area contributed by atoms with Crippen LogP contribution in [0.3, 0.4) is 0 Å². The summed E-state index contributed by atoms with van der Waals surface area (Å²) in [5, 5.41) is 5.18. The van der Waals surface area contributed by atoms with Crippen molar-refractivity contribution in [3.8, 4) is 0 Å². The minimum atomic E-state index is -0.517. The Morgan fingerprint density at radius 1 is 1.11 bits per heavy atom. The van der Waals surface area contributed by atoms with E-state index in [2.05, 4.69) is 5.10 Å². The zero-order valence-electron chi connectivity index (χ0n) is 14.8. The summed E-state index contributed by atoms with van der Waals surface area (Å²) in [6.07, 6.45) is 2.91. The van der Waals surface area contributed by atoms with Crippen LogP contribution in [-0.4, -0.2) is 57.1 Å². The Balaban J connectivity index is 1.37. The first-order chi connectivity index (χ1) is 13.2. The quantitative estimate of drug-likeness (QED) is 0.675. The molecule has 1 spiro atoms. The van der Waals surface area contributed by atoms with E-state index < -0.39 is 5.79 Å². The molecule has 8 heteroatoms. The lowest BCUT2D eigenvalue weighted by molar-refractivity contribution is -0.187. The van der Waals surface area contributed by atoms with Crippen molar-refractivity contribution in [2.75, 3.05) is 26.3 Å². The predicted molar refractivity (Wildman–Crippen MR) is 97.4 cm³/mol. The van der Waals surface area contributed by atoms with Crippen LogP contribution in [0.15, 0.2) is 41.5 Å². The predicted octanol–water partition coefficient (Wildman–Crippen LogP) is 1.01. The van der Waals surface area contributed by atoms with Crippen molar-refractivity contribution in [2.45, 2.75) is 25.2 Å². The smallest absolute Gasteiger partial charge is 0.291 e. The van der Waals surface area contributed by atoms with Gasteiger partial charge in [0.1, 0.15) is 18.4 Å². The maximum absolute atomic E-state index is 12.8. The molecule has 0 saturated carbocycles. The summed E-state index contributed by atoms with van der Waals surface area (Å²) in [5.41, 5.74) is 1.18. The number of amides is 1. The number of carbonyl (C=O) groups excluding carboxylic acids is 1. The van der Waals surface area contributed by atoms with Crippen LogP contribution in [0, 0.1) is 0 Å². The maximum atomic E-state index is 12.8. The highest BCUT2D eigenvalue weighted by atomic mass is 16.7. The second kappa shape index (κ2) is 6.17. The van der Waals surface area contributed by atoms with Crippen molar-refractivity contribution in [3.05, 3.63) is 47.0 Å². The van der Waals surface area contributed by atoms with Gasteiger partial charge in [0.25, 0.3) is 5.56 Å². The average Bonchev–Trinajstić information content (AvgIpc) is 3.30. The van der Waals surface area contributed by atoms with Gasteiger partial charge in [0.15, 0.2) is 5.79 Å². The largest absolute Gasteiger partial charge is 0.347 e. The zero-order chi connectivity index (χ0) is 18.4. The molecule has 2 aliphatic rings. The van der Waals surface area contributed by atoms with Gasteiger partial charge in [0.2, 0.25) is 5.91 Å². The fourth-order valence-corrected chi connectivity index (χ4v) is 3.99. The molecule has 0 N–H and O–H groups in total. The number of ether oxygens (including phenoxy) is 2. The molecule has 8 nitrogen and oxygen atoms in total. The second-order valence-electron chi connectivity index (χ2n) is 7.04. The molecular formula is C19H20N4O4. The fraction of sp³-hybridized carbons (Fsp3) is 0.421. The number of fused-ring (bicyclic) bond motifs is 3. The van der Waals surface area contributed by atoms with Gasteiger partial charge in [-0.3, -0.25) is 14.0 Å². The maximum Gasteiger partial charge on any atom is 0.291 e. The number of nitrogens with zero attached hydrogens (tertiary/aromatic N) is 4. The highest BCUT2D eigenvalue weighted by molar-refractivity contribution is 5.86. The Morgan fingerprint density at radius 3 is 2.63 bits per heavy atom. The molecular weight excluding hydrogens is 348 g/mol. The Bertz CT molecular complexity index is 1070. The van der Waals surface area contributed by atoms with E-state index in [-0.39, 0.29) is 18.0 Å². The van der Waals surface area contributed by atoms with Crippen molar-refractivity contribution in [3.63, 3.8) is 0 Å². The highest BCUT2D eigenvalue weighted by Gasteiger charge is 2.40. The summed E-state index contributed by atoms with van der Waals surface area (Å²) in [4.78, 5) is 27.2. The molecule has 2 aromatic heterocycles. The van der Waals surface area contributed by atoms with Gasteiger partial charge in [-0.1, -0.05) is 18.2 Å². The van der Waals surface area contributed by atoms with E-state index >= 15 is 0 Å². The molecule has 0 unspecified atom stereocenters. The molecule has 2 aliphatic heterocycles. The summed E-state index contributed by atoms with van der Waals surface area (Å²) in [7, 11) is 0. The number of piperidine rings is 1. The zero-order valence-corrected chi connectivity index (χ0v) is 14.8. The third-order valence-electron chi connectivity index (χ3n) is 5.48. The molecule has 140 valence electrons. The summed E-state index contributed by atoms with van der Waals surface area (Å²) >= 11 is 0. The lowest BCUT2D eigenvalue weighted by atomic mass is 10.0. The van der Waals surface area contributed by atoms with E-state index in [1.54, 1.807) is 15.6 Å². The van der Waals surface area contributed by atoms with Gasteiger partial charge in [-0.05, 0) is 12.1 Å². The van der Waals surface area contributed by atoms with E-state index in [1.807, 2.05) is 30.3 Å². The van der Waals surface area contributed by atoms with Gasteiger partial charge in [0.05, 0.1) is 18.7 Å². The van der Waals surface area contributed by atoms with Crippen LogP contribution >= 0.6 is 0 Å². The Labute approximate surface area is 154 Å². The molecule has 27 heavy (non-hydrogen) atoms. The number of carbonyl (C=O) groups is 1. The number of hydrogen-bond donors (Lipinski definition) is 0. The van der Waals surface area contributed by atoms with E-state index in [0.29, 0.717) is 44.7 Å². The summed E-state index contributed by atoms with van der Waals surface area (Å²) in [6, 6.07) is 9.58. The molecule has 2 saturated heterocycles. The Kier molecular flexibility index (Phi) is 3.76. The van der Waals surface area contributed by atoms with Crippen LogP contribution in [0.25, 0.3) is 16.4 Å². The van der Waals surface area contributed by atoms with E-state index in [4.69, 9.17) is 9.47 Å². The van der Waals surface area contributed by atoms with Crippen LogP contribution < -0.4 is 5.56 Å². The minimum absolute atomic E-state index is 0.0639. The summed E-state index contributed by atoms with van der Waals surface area (Å²) in [6.45, 7) is 2.28. The van der Waals surface area contributed by atoms with Gasteiger partial charge < -0.3 is 14.4 Å². The molecule has 1 aromatic carbocycles. The molecule has 0 atom stereocenters. The van der Waals surface area contributed by atoms with Gasteiger partial charge in [0, 0.05) is 31.3 Å². The lowest BCUT2D eigenvalue weighted by Gasteiger charge is -2.37. The van der Waals surface area contributed by atoms with Gasteiger partial charge >= 0.3 is 0 Å². The molecule has 3 aromatic rings. The second-order valence-corrected chi connectivity index (χ2v) is 7.04. The van der Waals surface area contributed by atoms with Crippen molar-refractivity contribution < 1.29 is 14.3 Å². The van der Waals surface area contributed by atoms with Gasteiger partial charge in [-0.2, -0.15) is 5.10 Å². The molecule has 1 amide bonds. The number of aromatic nitrogens is 3. The SMILES string of the molecule is O=C(Cn1ncn2c(cc3ccccc32)c1=O)N1CCC2(CC1)OCCO2. The van der Waals surface area contributed by atoms with Crippen molar-refractivity contribution in [1.82, 2.24) is 19.1 Å². The minimum Gasteiger partial charge on any atom is -0.347 e. The van der Waals surface area contributed by atoms with Crippen LogP contribution in [-0.2, 0) is 20.8 Å². The first-order valence-electron chi connectivity index (χ1n) is 9.17. The molecule has 5 rings (SSSR count). The van der Waals surface area contributed by atoms with Crippen LogP contribution in [0.5, 0.6) is 0 Å². The number of hydrogen-bond acceptors (Lipinski definition) is 5. The first-order valence-corrected chi connectivity index (χ1v) is 9.17. The third kappa shape index (κ3) is 2.72. The Morgan fingerprint density at radius 2 is 1.85 bits per heavy atom. The number of rotatable bonds is 2. The number of benzene rings is 1. The van der Waals surface area contributed by atoms with Crippen molar-refractivity contribution >= 4 is 22.3 Å². The van der Waals surface area contributed by atoms with Crippen molar-refractivity contribution in [1.29, 1.82) is 0 Å². The Hall–Kier alpha value is -2.71. The average molecular weight is 368 g/mol. The standard InChI is InChI=1S/C19H20N4O4/c24-17(21-7-5-19(6-8-21)26-9-10-27-19)12-23-18(25)16-11-14-3-1-2-4-15(14)22(16)13-20-23/h1-4,11,13H,5-10,12H2. The highest BCUT2D eigenvalue weighted by Crippen LogP contribution is 2.31. The summed E-state index contributed by atoms with van der Waals surface area (Å²) in [5.74, 6) is -0.630. The normalized spacial score (nSPS) is 19.3. The lowest BCUT2D eigenvalue weighted by Crippen LogP contribution is -2.48. The monoisotopic (exact) mass is 368 g/mol. The third-order valence-corrected chi connectivity index (χ3v) is 5.48. The molecule has 2 fully saturated rings. The van der Waals surface area contributed by atoms with E-state index in [0.717, 1.165) is 10.9 Å². The van der Waals surface area contributed by atoms with Gasteiger partial charge in [-0.15, -0.1) is 0 Å². The molecule has 0 radical (unpaired) electrons. The van der Waals surface area contributed by atoms with Crippen LogP contribution in [0.2, 0.25) is 0 Å². The molecule has 4 heterocycles. The van der Waals surface area contributed by atoms with Crippen LogP contribution in [0.1, 0.15) is 12.8 Å². The van der Waals surface area contributed by atoms with Gasteiger partial charge in [-0.25, -0.2) is 4.68 Å². The van der Waals surface area contributed by atoms with E-state index in [9.17, 15) is 9.59 Å². The number of para-hydroxylation sites is 1. The fourth-order valence-electron chi connectivity index (χ4n) is 3.99. The van der Waals surface area contributed by atoms with Crippen LogP contribution in [0.4, 0.5) is 0 Å².